The lowest BCUT2D eigenvalue weighted by atomic mass is 9.89. The monoisotopic (exact) mass is 254 g/mol. The lowest BCUT2D eigenvalue weighted by Gasteiger charge is -2.17. The third kappa shape index (κ3) is 2.35. The van der Waals surface area contributed by atoms with Gasteiger partial charge in [-0.3, -0.25) is 4.79 Å². The van der Waals surface area contributed by atoms with Crippen molar-refractivity contribution < 1.29 is 9.53 Å². The quantitative estimate of drug-likeness (QED) is 0.773. The maximum absolute atomic E-state index is 11.6. The Labute approximate surface area is 113 Å². The molecule has 1 fully saturated rings. The molecule has 1 aliphatic heterocycles. The molecule has 2 atom stereocenters. The fraction of sp³-hybridized carbons (Fsp3) is 0.353. The van der Waals surface area contributed by atoms with E-state index in [4.69, 9.17) is 4.74 Å². The average molecular weight is 254 g/mol. The molecule has 0 bridgehead atoms. The lowest BCUT2D eigenvalue weighted by Crippen LogP contribution is -2.14. The van der Waals surface area contributed by atoms with Gasteiger partial charge in [0.2, 0.25) is 0 Å². The fourth-order valence-corrected chi connectivity index (χ4v) is 2.93. The number of carbonyl (C=O) groups excluding carboxylic acids is 1. The van der Waals surface area contributed by atoms with E-state index in [1.54, 1.807) is 0 Å². The zero-order chi connectivity index (χ0) is 13.2. The number of hydrogen-bond donors (Lipinski definition) is 0. The average Bonchev–Trinajstić information content (AvgIpc) is 2.80. The van der Waals surface area contributed by atoms with Gasteiger partial charge >= 0.3 is 5.97 Å². The summed E-state index contributed by atoms with van der Waals surface area (Å²) < 4.78 is 5.44. The molecule has 2 aromatic rings. The predicted octanol–water partition coefficient (Wildman–Crippen LogP) is 4.04. The highest BCUT2D eigenvalue weighted by atomic mass is 16.5. The van der Waals surface area contributed by atoms with Crippen molar-refractivity contribution in [2.24, 2.45) is 0 Å². The first-order valence-electron chi connectivity index (χ1n) is 6.96. The minimum Gasteiger partial charge on any atom is -0.462 e. The van der Waals surface area contributed by atoms with E-state index in [0.717, 1.165) is 12.8 Å². The van der Waals surface area contributed by atoms with E-state index >= 15 is 0 Å². The van der Waals surface area contributed by atoms with Crippen molar-refractivity contribution in [1.29, 1.82) is 0 Å². The molecule has 0 aliphatic carbocycles. The van der Waals surface area contributed by atoms with Crippen molar-refractivity contribution in [3.8, 4) is 0 Å². The van der Waals surface area contributed by atoms with Gasteiger partial charge in [-0.05, 0) is 22.8 Å². The summed E-state index contributed by atoms with van der Waals surface area (Å²) >= 11 is 0. The van der Waals surface area contributed by atoms with Crippen LogP contribution in [0.15, 0.2) is 42.5 Å². The highest BCUT2D eigenvalue weighted by Crippen LogP contribution is 2.35. The van der Waals surface area contributed by atoms with Gasteiger partial charge in [0, 0.05) is 5.92 Å². The Balaban J connectivity index is 1.96. The molecule has 3 rings (SSSR count). The van der Waals surface area contributed by atoms with Crippen molar-refractivity contribution in [3.63, 3.8) is 0 Å². The Bertz CT molecular complexity index is 603. The topological polar surface area (TPSA) is 26.3 Å². The fourth-order valence-electron chi connectivity index (χ4n) is 2.93. The van der Waals surface area contributed by atoms with E-state index in [1.165, 1.54) is 16.3 Å². The van der Waals surface area contributed by atoms with Crippen LogP contribution in [0.1, 0.15) is 37.7 Å². The van der Waals surface area contributed by atoms with Gasteiger partial charge in [-0.15, -0.1) is 0 Å². The van der Waals surface area contributed by atoms with Gasteiger partial charge in [0.25, 0.3) is 0 Å². The summed E-state index contributed by atoms with van der Waals surface area (Å²) in [6.45, 7) is 2.13. The summed E-state index contributed by atoms with van der Waals surface area (Å²) in [5.74, 6) is 0.161. The smallest absolute Gasteiger partial charge is 0.306 e. The Kier molecular flexibility index (Phi) is 3.24. The summed E-state index contributed by atoms with van der Waals surface area (Å²) in [5, 5.41) is 2.47. The maximum Gasteiger partial charge on any atom is 0.306 e. The molecule has 0 saturated carbocycles. The largest absolute Gasteiger partial charge is 0.462 e. The molecule has 2 nitrogen and oxygen atoms in total. The molecule has 1 aliphatic rings. The number of fused-ring (bicyclic) bond motifs is 1. The van der Waals surface area contributed by atoms with E-state index in [2.05, 4.69) is 37.3 Å². The minimum absolute atomic E-state index is 0.0543. The molecule has 0 aromatic heterocycles. The highest BCUT2D eigenvalue weighted by Gasteiger charge is 2.35. The SMILES string of the molecule is CCCC1OC(=O)CC1c1ccc2ccccc2c1. The second-order valence-corrected chi connectivity index (χ2v) is 5.23. The van der Waals surface area contributed by atoms with Crippen LogP contribution in [0.25, 0.3) is 10.8 Å². The normalized spacial score (nSPS) is 22.7. The number of ether oxygens (including phenoxy) is 1. The van der Waals surface area contributed by atoms with Crippen molar-refractivity contribution in [1.82, 2.24) is 0 Å². The first-order valence-corrected chi connectivity index (χ1v) is 6.96. The molecule has 19 heavy (non-hydrogen) atoms. The van der Waals surface area contributed by atoms with Crippen molar-refractivity contribution >= 4 is 16.7 Å². The van der Waals surface area contributed by atoms with Gasteiger partial charge in [-0.2, -0.15) is 0 Å². The van der Waals surface area contributed by atoms with E-state index in [-0.39, 0.29) is 18.0 Å². The van der Waals surface area contributed by atoms with Crippen LogP contribution in [-0.4, -0.2) is 12.1 Å². The molecule has 0 N–H and O–H groups in total. The second-order valence-electron chi connectivity index (χ2n) is 5.23. The molecule has 0 spiro atoms. The minimum atomic E-state index is -0.0587. The van der Waals surface area contributed by atoms with Gasteiger partial charge < -0.3 is 4.74 Å². The summed E-state index contributed by atoms with van der Waals surface area (Å²) in [5.41, 5.74) is 1.23. The Hall–Kier alpha value is -1.83. The van der Waals surface area contributed by atoms with Crippen LogP contribution in [0, 0.1) is 0 Å². The molecular formula is C17H18O2. The molecule has 0 radical (unpaired) electrons. The number of carbonyl (C=O) groups is 1. The van der Waals surface area contributed by atoms with Crippen LogP contribution in [0.4, 0.5) is 0 Å². The van der Waals surface area contributed by atoms with E-state index in [0.29, 0.717) is 6.42 Å². The van der Waals surface area contributed by atoms with Gasteiger partial charge in [-0.25, -0.2) is 0 Å². The first kappa shape index (κ1) is 12.2. The Morgan fingerprint density at radius 1 is 1.16 bits per heavy atom. The molecule has 0 amide bonds. The first-order chi connectivity index (χ1) is 9.28. The van der Waals surface area contributed by atoms with Crippen LogP contribution in [-0.2, 0) is 9.53 Å². The number of rotatable bonds is 3. The van der Waals surface area contributed by atoms with E-state index in [1.807, 2.05) is 12.1 Å². The van der Waals surface area contributed by atoms with Gasteiger partial charge in [0.1, 0.15) is 6.10 Å². The molecule has 1 saturated heterocycles. The van der Waals surface area contributed by atoms with Crippen molar-refractivity contribution in [2.45, 2.75) is 38.2 Å². The molecule has 1 heterocycles. The molecule has 2 unspecified atom stereocenters. The maximum atomic E-state index is 11.6. The van der Waals surface area contributed by atoms with Crippen LogP contribution >= 0.6 is 0 Å². The third-order valence-corrected chi connectivity index (χ3v) is 3.89. The van der Waals surface area contributed by atoms with Crippen LogP contribution in [0.5, 0.6) is 0 Å². The van der Waals surface area contributed by atoms with Crippen molar-refractivity contribution in [3.05, 3.63) is 48.0 Å². The standard InChI is InChI=1S/C17H18O2/c1-2-5-16-15(11-17(18)19-16)14-9-8-12-6-3-4-7-13(12)10-14/h3-4,6-10,15-16H,2,5,11H2,1H3. The molecule has 98 valence electrons. The predicted molar refractivity (Wildman–Crippen MR) is 76.1 cm³/mol. The highest BCUT2D eigenvalue weighted by molar-refractivity contribution is 5.83. The second kappa shape index (κ2) is 5.04. The molecule has 2 aromatic carbocycles. The zero-order valence-corrected chi connectivity index (χ0v) is 11.1. The zero-order valence-electron chi connectivity index (χ0n) is 11.1. The van der Waals surface area contributed by atoms with Crippen LogP contribution in [0.3, 0.4) is 0 Å². The Morgan fingerprint density at radius 2 is 1.95 bits per heavy atom. The number of benzene rings is 2. The van der Waals surface area contributed by atoms with Gasteiger partial charge in [-0.1, -0.05) is 55.8 Å². The molecular weight excluding hydrogens is 236 g/mol. The van der Waals surface area contributed by atoms with Gasteiger partial charge in [0.05, 0.1) is 6.42 Å². The summed E-state index contributed by atoms with van der Waals surface area (Å²) in [6, 6.07) is 14.8. The van der Waals surface area contributed by atoms with Crippen LogP contribution < -0.4 is 0 Å². The number of esters is 1. The summed E-state index contributed by atoms with van der Waals surface area (Å²) in [7, 11) is 0. The van der Waals surface area contributed by atoms with Crippen molar-refractivity contribution in [2.75, 3.05) is 0 Å². The summed E-state index contributed by atoms with van der Waals surface area (Å²) in [4.78, 5) is 11.6. The third-order valence-electron chi connectivity index (χ3n) is 3.89. The van der Waals surface area contributed by atoms with Gasteiger partial charge in [0.15, 0.2) is 0 Å². The number of hydrogen-bond acceptors (Lipinski definition) is 2. The molecule has 2 heteroatoms. The Morgan fingerprint density at radius 3 is 2.74 bits per heavy atom. The lowest BCUT2D eigenvalue weighted by molar-refractivity contribution is -0.141. The van der Waals surface area contributed by atoms with E-state index < -0.39 is 0 Å². The number of cyclic esters (lactones) is 1. The van der Waals surface area contributed by atoms with E-state index in [9.17, 15) is 4.79 Å². The van der Waals surface area contributed by atoms with Crippen LogP contribution in [0.2, 0.25) is 0 Å². The summed E-state index contributed by atoms with van der Waals surface area (Å²) in [6.07, 6.45) is 2.56.